The lowest BCUT2D eigenvalue weighted by Gasteiger charge is -2.10. The lowest BCUT2D eigenvalue weighted by Crippen LogP contribution is -2.17. The van der Waals surface area contributed by atoms with Gasteiger partial charge in [0.05, 0.1) is 6.10 Å². The molecule has 5 nitrogen and oxygen atoms in total. The van der Waals surface area contributed by atoms with Crippen molar-refractivity contribution in [3.8, 4) is 0 Å². The van der Waals surface area contributed by atoms with Crippen molar-refractivity contribution in [2.75, 3.05) is 0 Å². The first-order valence-electron chi connectivity index (χ1n) is 4.35. The molecule has 0 bridgehead atoms. The van der Waals surface area contributed by atoms with Gasteiger partial charge in [0.1, 0.15) is 0 Å². The van der Waals surface area contributed by atoms with Crippen LogP contribution in [0.2, 0.25) is 0 Å². The van der Waals surface area contributed by atoms with Crippen LogP contribution < -0.4 is 11.5 Å². The zero-order valence-electron chi connectivity index (χ0n) is 8.23. The largest absolute Gasteiger partial charge is 0.389 e. The second-order valence-corrected chi connectivity index (χ2v) is 3.21. The Labute approximate surface area is 86.7 Å². The molecule has 0 saturated heterocycles. The molecule has 1 unspecified atom stereocenters. The Kier molecular flexibility index (Phi) is 3.06. The van der Waals surface area contributed by atoms with Gasteiger partial charge < -0.3 is 16.6 Å². The highest BCUT2D eigenvalue weighted by atomic mass is 16.3. The summed E-state index contributed by atoms with van der Waals surface area (Å²) in [5.41, 5.74) is 10.9. The van der Waals surface area contributed by atoms with Crippen molar-refractivity contribution in [3.63, 3.8) is 0 Å². The highest BCUT2D eigenvalue weighted by Gasteiger charge is 2.14. The molecule has 1 aromatic carbocycles. The molecule has 0 radical (unpaired) electrons. The average molecular weight is 208 g/mol. The first-order valence-corrected chi connectivity index (χ1v) is 4.35. The van der Waals surface area contributed by atoms with Gasteiger partial charge >= 0.3 is 0 Å². The zero-order valence-corrected chi connectivity index (χ0v) is 8.23. The molecule has 15 heavy (non-hydrogen) atoms. The lowest BCUT2D eigenvalue weighted by molar-refractivity contribution is 0.0983. The summed E-state index contributed by atoms with van der Waals surface area (Å²) in [5.74, 6) is -1.27. The summed E-state index contributed by atoms with van der Waals surface area (Å²) in [6, 6.07) is 4.14. The van der Waals surface area contributed by atoms with Crippen molar-refractivity contribution in [1.29, 1.82) is 0 Å². The van der Waals surface area contributed by atoms with Crippen molar-refractivity contribution in [3.05, 3.63) is 34.9 Å². The van der Waals surface area contributed by atoms with Gasteiger partial charge in [-0.2, -0.15) is 0 Å². The third-order valence-electron chi connectivity index (χ3n) is 2.05. The van der Waals surface area contributed by atoms with Crippen LogP contribution in [-0.4, -0.2) is 16.9 Å². The molecule has 80 valence electrons. The fraction of sp³-hybridized carbons (Fsp3) is 0.200. The van der Waals surface area contributed by atoms with E-state index >= 15 is 0 Å². The Hall–Kier alpha value is -1.88. The number of amides is 2. The van der Waals surface area contributed by atoms with Gasteiger partial charge in [0.15, 0.2) is 0 Å². The number of carbonyl (C=O) groups excluding carboxylic acids is 2. The molecule has 1 rings (SSSR count). The minimum atomic E-state index is -0.883. The minimum Gasteiger partial charge on any atom is -0.389 e. The summed E-state index contributed by atoms with van der Waals surface area (Å²) in [7, 11) is 0. The smallest absolute Gasteiger partial charge is 0.249 e. The molecule has 0 aliphatic rings. The molecule has 0 aliphatic heterocycles. The molecule has 0 saturated carbocycles. The van der Waals surface area contributed by atoms with E-state index in [2.05, 4.69) is 0 Å². The van der Waals surface area contributed by atoms with E-state index in [1.165, 1.54) is 25.1 Å². The molecule has 0 fully saturated rings. The zero-order chi connectivity index (χ0) is 11.6. The van der Waals surface area contributed by atoms with Crippen molar-refractivity contribution >= 4 is 11.8 Å². The van der Waals surface area contributed by atoms with E-state index in [-0.39, 0.29) is 11.1 Å². The standard InChI is InChI=1S/C10H12N2O3/c1-5(13)8-4-6(9(11)14)2-3-7(8)10(12)15/h2-5,13H,1H3,(H2,11,14)(H2,12,15). The fourth-order valence-corrected chi connectivity index (χ4v) is 1.29. The molecule has 0 spiro atoms. The van der Waals surface area contributed by atoms with Gasteiger partial charge in [-0.3, -0.25) is 9.59 Å². The van der Waals surface area contributed by atoms with Gasteiger partial charge in [0.25, 0.3) is 0 Å². The maximum atomic E-state index is 11.0. The fourth-order valence-electron chi connectivity index (χ4n) is 1.29. The number of hydrogen-bond acceptors (Lipinski definition) is 3. The summed E-state index contributed by atoms with van der Waals surface area (Å²) in [6.45, 7) is 1.48. The first kappa shape index (κ1) is 11.2. The lowest BCUT2D eigenvalue weighted by atomic mass is 9.99. The summed E-state index contributed by atoms with van der Waals surface area (Å²) < 4.78 is 0. The van der Waals surface area contributed by atoms with E-state index in [0.717, 1.165) is 0 Å². The van der Waals surface area contributed by atoms with Gasteiger partial charge in [-0.1, -0.05) is 0 Å². The van der Waals surface area contributed by atoms with Crippen LogP contribution in [0.3, 0.4) is 0 Å². The molecule has 0 heterocycles. The van der Waals surface area contributed by atoms with Gasteiger partial charge in [0, 0.05) is 11.1 Å². The van der Waals surface area contributed by atoms with Gasteiger partial charge in [0.2, 0.25) is 11.8 Å². The summed E-state index contributed by atoms with van der Waals surface area (Å²) in [6.07, 6.45) is -0.883. The molecule has 5 N–H and O–H groups in total. The minimum absolute atomic E-state index is 0.190. The predicted octanol–water partition coefficient (Wildman–Crippen LogP) is -0.0623. The molecular formula is C10H12N2O3. The maximum absolute atomic E-state index is 11.0. The van der Waals surface area contributed by atoms with Crippen LogP contribution in [0.5, 0.6) is 0 Å². The van der Waals surface area contributed by atoms with Crippen LogP contribution in [0.15, 0.2) is 18.2 Å². The van der Waals surface area contributed by atoms with Crippen LogP contribution >= 0.6 is 0 Å². The molecule has 2 amide bonds. The third-order valence-corrected chi connectivity index (χ3v) is 2.05. The predicted molar refractivity (Wildman–Crippen MR) is 54.1 cm³/mol. The van der Waals surface area contributed by atoms with Crippen LogP contribution in [0, 0.1) is 0 Å². The monoisotopic (exact) mass is 208 g/mol. The third kappa shape index (κ3) is 2.32. The van der Waals surface area contributed by atoms with Crippen molar-refractivity contribution in [2.24, 2.45) is 11.5 Å². The van der Waals surface area contributed by atoms with Crippen LogP contribution in [-0.2, 0) is 0 Å². The Morgan fingerprint density at radius 3 is 2.27 bits per heavy atom. The van der Waals surface area contributed by atoms with Crippen molar-refractivity contribution in [1.82, 2.24) is 0 Å². The highest BCUT2D eigenvalue weighted by Crippen LogP contribution is 2.19. The van der Waals surface area contributed by atoms with Gasteiger partial charge in [-0.25, -0.2) is 0 Å². The summed E-state index contributed by atoms with van der Waals surface area (Å²) >= 11 is 0. The van der Waals surface area contributed by atoms with Gasteiger partial charge in [-0.05, 0) is 30.7 Å². The number of aliphatic hydroxyl groups is 1. The first-order chi connectivity index (χ1) is 6.93. The topological polar surface area (TPSA) is 106 Å². The number of nitrogens with two attached hydrogens (primary N) is 2. The molecule has 1 atom stereocenters. The quantitative estimate of drug-likeness (QED) is 0.647. The van der Waals surface area contributed by atoms with Gasteiger partial charge in [-0.15, -0.1) is 0 Å². The highest BCUT2D eigenvalue weighted by molar-refractivity contribution is 5.98. The van der Waals surface area contributed by atoms with E-state index in [1.807, 2.05) is 0 Å². The van der Waals surface area contributed by atoms with Crippen LogP contribution in [0.4, 0.5) is 0 Å². The van der Waals surface area contributed by atoms with E-state index in [4.69, 9.17) is 11.5 Å². The molecule has 0 aromatic heterocycles. The molecular weight excluding hydrogens is 196 g/mol. The number of carbonyl (C=O) groups is 2. The number of primary amides is 2. The number of rotatable bonds is 3. The Morgan fingerprint density at radius 2 is 1.87 bits per heavy atom. The normalized spacial score (nSPS) is 12.1. The van der Waals surface area contributed by atoms with E-state index in [9.17, 15) is 14.7 Å². The second kappa shape index (κ2) is 4.10. The maximum Gasteiger partial charge on any atom is 0.249 e. The average Bonchev–Trinajstić information content (AvgIpc) is 2.16. The van der Waals surface area contributed by atoms with E-state index in [1.54, 1.807) is 0 Å². The molecule has 5 heteroatoms. The summed E-state index contributed by atoms with van der Waals surface area (Å²) in [4.78, 5) is 21.9. The van der Waals surface area contributed by atoms with E-state index < -0.39 is 17.9 Å². The SMILES string of the molecule is CC(O)c1cc(C(N)=O)ccc1C(N)=O. The Balaban J connectivity index is 3.33. The Bertz CT molecular complexity index is 413. The van der Waals surface area contributed by atoms with Crippen LogP contribution in [0.25, 0.3) is 0 Å². The molecule has 0 aliphatic carbocycles. The van der Waals surface area contributed by atoms with Crippen molar-refractivity contribution < 1.29 is 14.7 Å². The number of benzene rings is 1. The van der Waals surface area contributed by atoms with E-state index in [0.29, 0.717) is 5.56 Å². The van der Waals surface area contributed by atoms with Crippen molar-refractivity contribution in [2.45, 2.75) is 13.0 Å². The number of aliphatic hydroxyl groups excluding tert-OH is 1. The van der Waals surface area contributed by atoms with Crippen LogP contribution in [0.1, 0.15) is 39.3 Å². The molecule has 1 aromatic rings. The number of hydrogen-bond donors (Lipinski definition) is 3. The second-order valence-electron chi connectivity index (χ2n) is 3.21. The Morgan fingerprint density at radius 1 is 1.27 bits per heavy atom. The summed E-state index contributed by atoms with van der Waals surface area (Å²) in [5, 5.41) is 9.40.